The van der Waals surface area contributed by atoms with Crippen molar-refractivity contribution < 1.29 is 17.9 Å². The molecule has 12 heteroatoms. The maximum Gasteiger partial charge on any atom is 0.307 e. The number of hydrogen-bond donors (Lipinski definition) is 0. The molecule has 1 unspecified atom stereocenters. The molecular weight excluding hydrogens is 518 g/mol. The lowest BCUT2D eigenvalue weighted by Crippen LogP contribution is -2.30. The lowest BCUT2D eigenvalue weighted by atomic mass is 9.90. The number of aryl methyl sites for hydroxylation is 1. The third-order valence-electron chi connectivity index (χ3n) is 6.48. The highest BCUT2D eigenvalue weighted by atomic mass is 32.2. The molecule has 0 amide bonds. The van der Waals surface area contributed by atoms with Gasteiger partial charge in [-0.05, 0) is 42.0 Å². The normalized spacial score (nSPS) is 12.7. The summed E-state index contributed by atoms with van der Waals surface area (Å²) in [5.41, 5.74) is 4.77. The van der Waals surface area contributed by atoms with Crippen LogP contribution in [0.1, 0.15) is 22.9 Å². The van der Waals surface area contributed by atoms with Gasteiger partial charge in [0.25, 0.3) is 0 Å². The first-order valence-electron chi connectivity index (χ1n) is 12.1. The number of nitrogens with zero attached hydrogens (tertiary/aromatic N) is 7. The Morgan fingerprint density at radius 1 is 1.00 bits per heavy atom. The highest BCUT2D eigenvalue weighted by Crippen LogP contribution is 2.34. The average molecular weight is 548 g/mol. The summed E-state index contributed by atoms with van der Waals surface area (Å²) in [4.78, 5) is 14.2. The second kappa shape index (κ2) is 10.5. The van der Waals surface area contributed by atoms with Crippen LogP contribution in [0.2, 0.25) is 0 Å². The van der Waals surface area contributed by atoms with E-state index in [1.165, 1.54) is 22.4 Å². The van der Waals surface area contributed by atoms with Crippen LogP contribution in [0.4, 0.5) is 0 Å². The first-order valence-corrected chi connectivity index (χ1v) is 13.5. The molecule has 0 aliphatic carbocycles. The van der Waals surface area contributed by atoms with E-state index in [0.717, 1.165) is 11.1 Å². The summed E-state index contributed by atoms with van der Waals surface area (Å²) in [6.07, 6.45) is 7.18. The zero-order valence-corrected chi connectivity index (χ0v) is 23.1. The molecule has 0 fully saturated rings. The van der Waals surface area contributed by atoms with E-state index in [1.54, 1.807) is 55.7 Å². The number of aromatic nitrogens is 6. The molecule has 0 saturated carbocycles. The van der Waals surface area contributed by atoms with Gasteiger partial charge in [-0.3, -0.25) is 9.67 Å². The van der Waals surface area contributed by atoms with Crippen molar-refractivity contribution in [1.29, 1.82) is 0 Å². The van der Waals surface area contributed by atoms with Crippen LogP contribution in [0, 0.1) is 0 Å². The molecule has 0 bridgehead atoms. The summed E-state index contributed by atoms with van der Waals surface area (Å²) in [6.45, 7) is 0. The SMILES string of the molecule is COc1cc(OC)cc(C(Cc2cccn2S(=O)(=O)N(C)C)c2ccc3ncc(-c4cnn(C)c4)nc3n2)c1. The van der Waals surface area contributed by atoms with Crippen LogP contribution in [0.15, 0.2) is 67.3 Å². The van der Waals surface area contributed by atoms with E-state index >= 15 is 0 Å². The number of rotatable bonds is 9. The highest BCUT2D eigenvalue weighted by molar-refractivity contribution is 7.87. The molecule has 0 aliphatic heterocycles. The molecule has 202 valence electrons. The van der Waals surface area contributed by atoms with Crippen molar-refractivity contribution in [3.63, 3.8) is 0 Å². The molecule has 0 radical (unpaired) electrons. The molecule has 5 aromatic rings. The lowest BCUT2D eigenvalue weighted by Gasteiger charge is -2.21. The molecule has 4 heterocycles. The molecule has 1 atom stereocenters. The van der Waals surface area contributed by atoms with E-state index in [-0.39, 0.29) is 5.92 Å². The van der Waals surface area contributed by atoms with Crippen LogP contribution in [0.3, 0.4) is 0 Å². The maximum absolute atomic E-state index is 13.0. The van der Waals surface area contributed by atoms with Gasteiger partial charge < -0.3 is 9.47 Å². The number of ether oxygens (including phenoxy) is 2. The predicted octanol–water partition coefficient (Wildman–Crippen LogP) is 3.27. The molecule has 0 saturated heterocycles. The van der Waals surface area contributed by atoms with E-state index in [1.807, 2.05) is 37.5 Å². The van der Waals surface area contributed by atoms with Crippen molar-refractivity contribution in [3.8, 4) is 22.8 Å². The fourth-order valence-corrected chi connectivity index (χ4v) is 5.40. The Morgan fingerprint density at radius 3 is 2.38 bits per heavy atom. The Hall–Kier alpha value is -4.29. The Morgan fingerprint density at radius 2 is 1.74 bits per heavy atom. The minimum absolute atomic E-state index is 0.338. The number of methoxy groups -OCH3 is 2. The second-order valence-electron chi connectivity index (χ2n) is 9.22. The first kappa shape index (κ1) is 26.3. The minimum Gasteiger partial charge on any atom is -0.497 e. The summed E-state index contributed by atoms with van der Waals surface area (Å²) < 4.78 is 41.3. The number of hydrogen-bond acceptors (Lipinski definition) is 8. The molecule has 39 heavy (non-hydrogen) atoms. The van der Waals surface area contributed by atoms with Crippen LogP contribution >= 0.6 is 0 Å². The molecule has 0 spiro atoms. The highest BCUT2D eigenvalue weighted by Gasteiger charge is 2.25. The van der Waals surface area contributed by atoms with Gasteiger partial charge >= 0.3 is 10.2 Å². The van der Waals surface area contributed by atoms with Gasteiger partial charge in [0, 0.05) is 63.2 Å². The Balaban J connectivity index is 1.65. The largest absolute Gasteiger partial charge is 0.497 e. The summed E-state index contributed by atoms with van der Waals surface area (Å²) in [5, 5.41) is 4.22. The number of benzene rings is 1. The molecule has 11 nitrogen and oxygen atoms in total. The number of pyridine rings is 1. The van der Waals surface area contributed by atoms with Crippen LogP contribution in [0.5, 0.6) is 11.5 Å². The van der Waals surface area contributed by atoms with E-state index in [0.29, 0.717) is 46.2 Å². The van der Waals surface area contributed by atoms with Crippen LogP contribution in [-0.2, 0) is 23.7 Å². The van der Waals surface area contributed by atoms with Gasteiger partial charge in [-0.2, -0.15) is 17.8 Å². The Kier molecular flexibility index (Phi) is 7.06. The van der Waals surface area contributed by atoms with Crippen LogP contribution in [-0.4, -0.2) is 69.7 Å². The monoisotopic (exact) mass is 547 g/mol. The van der Waals surface area contributed by atoms with Crippen molar-refractivity contribution in [2.75, 3.05) is 28.3 Å². The molecule has 5 rings (SSSR count). The van der Waals surface area contributed by atoms with Crippen molar-refractivity contribution in [3.05, 3.63) is 84.2 Å². The van der Waals surface area contributed by atoms with Gasteiger partial charge in [0.05, 0.1) is 38.0 Å². The van der Waals surface area contributed by atoms with Crippen molar-refractivity contribution in [2.45, 2.75) is 12.3 Å². The summed E-state index contributed by atoms with van der Waals surface area (Å²) in [7, 11) is 4.31. The van der Waals surface area contributed by atoms with Crippen LogP contribution < -0.4 is 9.47 Å². The van der Waals surface area contributed by atoms with Crippen molar-refractivity contribution >= 4 is 21.4 Å². The smallest absolute Gasteiger partial charge is 0.307 e. The lowest BCUT2D eigenvalue weighted by molar-refractivity contribution is 0.393. The molecule has 0 N–H and O–H groups in total. The predicted molar refractivity (Wildman–Crippen MR) is 147 cm³/mol. The first-order chi connectivity index (χ1) is 18.7. The average Bonchev–Trinajstić information content (AvgIpc) is 3.60. The van der Waals surface area contributed by atoms with Crippen molar-refractivity contribution in [2.24, 2.45) is 7.05 Å². The minimum atomic E-state index is -3.72. The molecule has 1 aromatic carbocycles. The summed E-state index contributed by atoms with van der Waals surface area (Å²) in [5.74, 6) is 0.878. The van der Waals surface area contributed by atoms with Gasteiger partial charge in [-0.15, -0.1) is 0 Å². The summed E-state index contributed by atoms with van der Waals surface area (Å²) in [6, 6.07) is 12.9. The molecule has 0 aliphatic rings. The Labute approximate surface area is 226 Å². The van der Waals surface area contributed by atoms with Crippen LogP contribution in [0.25, 0.3) is 22.4 Å². The third-order valence-corrected chi connectivity index (χ3v) is 8.25. The summed E-state index contributed by atoms with van der Waals surface area (Å²) >= 11 is 0. The van der Waals surface area contributed by atoms with E-state index in [9.17, 15) is 8.42 Å². The molecule has 4 aromatic heterocycles. The Bertz CT molecular complexity index is 1720. The fourth-order valence-electron chi connectivity index (χ4n) is 4.39. The van der Waals surface area contributed by atoms with Gasteiger partial charge in [-0.1, -0.05) is 0 Å². The van der Waals surface area contributed by atoms with Gasteiger partial charge in [0.1, 0.15) is 17.0 Å². The topological polar surface area (TPSA) is 117 Å². The van der Waals surface area contributed by atoms with E-state index < -0.39 is 10.2 Å². The van der Waals surface area contributed by atoms with E-state index in [2.05, 4.69) is 10.1 Å². The zero-order valence-electron chi connectivity index (χ0n) is 22.3. The van der Waals surface area contributed by atoms with E-state index in [4.69, 9.17) is 19.4 Å². The zero-order chi connectivity index (χ0) is 27.7. The number of fused-ring (bicyclic) bond motifs is 1. The maximum atomic E-state index is 13.0. The van der Waals surface area contributed by atoms with Crippen molar-refractivity contribution in [1.82, 2.24) is 33.0 Å². The van der Waals surface area contributed by atoms with Gasteiger partial charge in [0.15, 0.2) is 5.65 Å². The third kappa shape index (κ3) is 5.20. The molecular formula is C27H29N7O4S. The standard InChI is InChI=1S/C27H29N7O4S/c1-32(2)39(35,36)34-10-6-7-20(34)13-23(18-11-21(37-4)14-22(12-18)38-5)24-8-9-25-27(30-24)31-26(16-28-25)19-15-29-33(3)17-19/h6-12,14-17,23H,13H2,1-5H3. The van der Waals surface area contributed by atoms with Gasteiger partial charge in [0.2, 0.25) is 0 Å². The fraction of sp³-hybridized carbons (Fsp3) is 0.259. The second-order valence-corrected chi connectivity index (χ2v) is 11.2. The van der Waals surface area contributed by atoms with Gasteiger partial charge in [-0.25, -0.2) is 13.9 Å². The quantitative estimate of drug-likeness (QED) is 0.276.